The fourth-order valence-electron chi connectivity index (χ4n) is 2.49. The highest BCUT2D eigenvalue weighted by Gasteiger charge is 2.16. The van der Waals surface area contributed by atoms with Gasteiger partial charge in [-0.3, -0.25) is 4.79 Å². The summed E-state index contributed by atoms with van der Waals surface area (Å²) in [5.41, 5.74) is 2.51. The van der Waals surface area contributed by atoms with Crippen molar-refractivity contribution in [3.05, 3.63) is 35.3 Å². The van der Waals surface area contributed by atoms with Gasteiger partial charge in [-0.1, -0.05) is 13.8 Å². The van der Waals surface area contributed by atoms with Crippen molar-refractivity contribution in [2.45, 2.75) is 20.8 Å². The minimum atomic E-state index is -0.118. The molecule has 27 heavy (non-hydrogen) atoms. The first-order valence-electron chi connectivity index (χ1n) is 8.48. The summed E-state index contributed by atoms with van der Waals surface area (Å²) in [5, 5.41) is 9.99. The standard InChI is InChI=1S/C19H22N4O3S/c1-11(2)18(24)21-17-8-12(3)22-23(17)19-20-14(10-27-19)13-6-7-15(25-4)16(9-13)26-5/h6-11H,1-5H3,(H,21,24). The molecule has 1 aromatic carbocycles. The van der Waals surface area contributed by atoms with Crippen LogP contribution in [0.5, 0.6) is 11.5 Å². The summed E-state index contributed by atoms with van der Waals surface area (Å²) >= 11 is 1.45. The van der Waals surface area contributed by atoms with Crippen LogP contribution in [0.15, 0.2) is 29.6 Å². The van der Waals surface area contributed by atoms with E-state index in [1.54, 1.807) is 18.9 Å². The second-order valence-corrected chi connectivity index (χ2v) is 7.15. The molecule has 142 valence electrons. The molecule has 0 spiro atoms. The van der Waals surface area contributed by atoms with Crippen LogP contribution in [0.2, 0.25) is 0 Å². The number of nitrogens with one attached hydrogen (secondary N) is 1. The number of benzene rings is 1. The second-order valence-electron chi connectivity index (χ2n) is 6.31. The van der Waals surface area contributed by atoms with Gasteiger partial charge in [0.15, 0.2) is 11.5 Å². The van der Waals surface area contributed by atoms with Gasteiger partial charge in [-0.2, -0.15) is 9.78 Å². The maximum absolute atomic E-state index is 12.1. The maximum Gasteiger partial charge on any atom is 0.228 e. The van der Waals surface area contributed by atoms with Gasteiger partial charge < -0.3 is 14.8 Å². The molecule has 2 aromatic heterocycles. The number of hydrogen-bond acceptors (Lipinski definition) is 6. The fourth-order valence-corrected chi connectivity index (χ4v) is 3.29. The lowest BCUT2D eigenvalue weighted by Gasteiger charge is -2.09. The Morgan fingerprint density at radius 3 is 2.59 bits per heavy atom. The molecular formula is C19H22N4O3S. The van der Waals surface area contributed by atoms with Crippen molar-refractivity contribution < 1.29 is 14.3 Å². The van der Waals surface area contributed by atoms with Crippen LogP contribution in [-0.4, -0.2) is 34.9 Å². The highest BCUT2D eigenvalue weighted by molar-refractivity contribution is 7.12. The van der Waals surface area contributed by atoms with Crippen molar-refractivity contribution in [3.8, 4) is 27.9 Å². The van der Waals surface area contributed by atoms with Crippen molar-refractivity contribution >= 4 is 23.1 Å². The molecule has 0 bridgehead atoms. The van der Waals surface area contributed by atoms with Gasteiger partial charge in [-0.15, -0.1) is 11.3 Å². The number of aromatic nitrogens is 3. The van der Waals surface area contributed by atoms with Gasteiger partial charge in [0.1, 0.15) is 5.82 Å². The van der Waals surface area contributed by atoms with E-state index in [2.05, 4.69) is 15.4 Å². The summed E-state index contributed by atoms with van der Waals surface area (Å²) in [6.45, 7) is 5.58. The molecule has 1 amide bonds. The van der Waals surface area contributed by atoms with Gasteiger partial charge in [0.25, 0.3) is 0 Å². The number of ether oxygens (including phenoxy) is 2. The monoisotopic (exact) mass is 386 g/mol. The number of rotatable bonds is 6. The molecule has 0 unspecified atom stereocenters. The minimum Gasteiger partial charge on any atom is -0.493 e. The summed E-state index contributed by atoms with van der Waals surface area (Å²) < 4.78 is 12.3. The maximum atomic E-state index is 12.1. The first-order valence-corrected chi connectivity index (χ1v) is 9.36. The molecule has 1 N–H and O–H groups in total. The lowest BCUT2D eigenvalue weighted by molar-refractivity contribution is -0.118. The molecule has 0 fully saturated rings. The number of hydrogen-bond donors (Lipinski definition) is 1. The van der Waals surface area contributed by atoms with Gasteiger partial charge in [0.2, 0.25) is 11.0 Å². The molecule has 7 nitrogen and oxygen atoms in total. The summed E-state index contributed by atoms with van der Waals surface area (Å²) in [6, 6.07) is 7.49. The van der Waals surface area contributed by atoms with Crippen molar-refractivity contribution in [2.24, 2.45) is 5.92 Å². The van der Waals surface area contributed by atoms with Gasteiger partial charge in [-0.25, -0.2) is 4.98 Å². The molecule has 0 saturated carbocycles. The van der Waals surface area contributed by atoms with Gasteiger partial charge >= 0.3 is 0 Å². The number of amides is 1. The largest absolute Gasteiger partial charge is 0.493 e. The molecule has 3 rings (SSSR count). The average Bonchev–Trinajstić information content (AvgIpc) is 3.27. The lowest BCUT2D eigenvalue weighted by atomic mass is 10.1. The van der Waals surface area contributed by atoms with Gasteiger partial charge in [-0.05, 0) is 25.1 Å². The Kier molecular flexibility index (Phi) is 5.46. The third-order valence-electron chi connectivity index (χ3n) is 3.96. The molecule has 0 aliphatic rings. The zero-order valence-electron chi connectivity index (χ0n) is 15.9. The van der Waals surface area contributed by atoms with Crippen molar-refractivity contribution in [1.82, 2.24) is 14.8 Å². The van der Waals surface area contributed by atoms with Crippen LogP contribution >= 0.6 is 11.3 Å². The first-order chi connectivity index (χ1) is 12.9. The topological polar surface area (TPSA) is 78.3 Å². The number of methoxy groups -OCH3 is 2. The number of anilines is 1. The SMILES string of the molecule is COc1ccc(-c2csc(-n3nc(C)cc3NC(=O)C(C)C)n2)cc1OC. The Balaban J connectivity index is 1.94. The summed E-state index contributed by atoms with van der Waals surface area (Å²) in [4.78, 5) is 16.7. The van der Waals surface area contributed by atoms with E-state index in [0.29, 0.717) is 22.4 Å². The van der Waals surface area contributed by atoms with Crippen LogP contribution < -0.4 is 14.8 Å². The third kappa shape index (κ3) is 3.95. The molecule has 0 saturated heterocycles. The predicted octanol–water partition coefficient (Wildman–Crippen LogP) is 3.92. The lowest BCUT2D eigenvalue weighted by Crippen LogP contribution is -2.19. The second kappa shape index (κ2) is 7.79. The van der Waals surface area contributed by atoms with E-state index in [-0.39, 0.29) is 11.8 Å². The number of carbonyl (C=O) groups excluding carboxylic acids is 1. The fraction of sp³-hybridized carbons (Fsp3) is 0.316. The normalized spacial score (nSPS) is 10.9. The van der Waals surface area contributed by atoms with E-state index in [9.17, 15) is 4.79 Å². The van der Waals surface area contributed by atoms with Gasteiger partial charge in [0.05, 0.1) is 25.6 Å². The van der Waals surface area contributed by atoms with E-state index in [0.717, 1.165) is 17.0 Å². The first kappa shape index (κ1) is 18.9. The number of carbonyl (C=O) groups is 1. The Morgan fingerprint density at radius 2 is 1.93 bits per heavy atom. The highest BCUT2D eigenvalue weighted by atomic mass is 32.1. The summed E-state index contributed by atoms with van der Waals surface area (Å²) in [7, 11) is 3.20. The van der Waals surface area contributed by atoms with Crippen molar-refractivity contribution in [1.29, 1.82) is 0 Å². The Bertz CT molecular complexity index is 962. The number of thiazole rings is 1. The van der Waals surface area contributed by atoms with Gasteiger partial charge in [0, 0.05) is 22.9 Å². The average molecular weight is 386 g/mol. The minimum absolute atomic E-state index is 0.0622. The number of nitrogens with zero attached hydrogens (tertiary/aromatic N) is 3. The third-order valence-corrected chi connectivity index (χ3v) is 4.78. The zero-order valence-corrected chi connectivity index (χ0v) is 16.8. The number of aryl methyl sites for hydroxylation is 1. The quantitative estimate of drug-likeness (QED) is 0.695. The highest BCUT2D eigenvalue weighted by Crippen LogP contribution is 2.33. The van der Waals surface area contributed by atoms with Crippen LogP contribution in [0.4, 0.5) is 5.82 Å². The molecule has 0 radical (unpaired) electrons. The Morgan fingerprint density at radius 1 is 1.19 bits per heavy atom. The zero-order chi connectivity index (χ0) is 19.6. The smallest absolute Gasteiger partial charge is 0.228 e. The van der Waals surface area contributed by atoms with Crippen LogP contribution in [0.1, 0.15) is 19.5 Å². The summed E-state index contributed by atoms with van der Waals surface area (Å²) in [5.74, 6) is 1.74. The Hall–Kier alpha value is -2.87. The van der Waals surface area contributed by atoms with Crippen molar-refractivity contribution in [2.75, 3.05) is 19.5 Å². The van der Waals surface area contributed by atoms with E-state index in [4.69, 9.17) is 9.47 Å². The molecule has 0 atom stereocenters. The van der Waals surface area contributed by atoms with Crippen LogP contribution in [0.25, 0.3) is 16.4 Å². The van der Waals surface area contributed by atoms with E-state index < -0.39 is 0 Å². The van der Waals surface area contributed by atoms with Crippen molar-refractivity contribution in [3.63, 3.8) is 0 Å². The molecule has 2 heterocycles. The molecule has 3 aromatic rings. The molecular weight excluding hydrogens is 364 g/mol. The molecule has 0 aliphatic heterocycles. The molecule has 8 heteroatoms. The Labute approximate surface area is 162 Å². The molecule has 0 aliphatic carbocycles. The van der Waals surface area contributed by atoms with Crippen LogP contribution in [-0.2, 0) is 4.79 Å². The van der Waals surface area contributed by atoms with E-state index in [1.165, 1.54) is 11.3 Å². The van der Waals surface area contributed by atoms with Crippen LogP contribution in [0, 0.1) is 12.8 Å². The van der Waals surface area contributed by atoms with Crippen LogP contribution in [0.3, 0.4) is 0 Å². The van der Waals surface area contributed by atoms with E-state index >= 15 is 0 Å². The van der Waals surface area contributed by atoms with E-state index in [1.807, 2.05) is 50.4 Å². The summed E-state index contributed by atoms with van der Waals surface area (Å²) in [6.07, 6.45) is 0. The predicted molar refractivity (Wildman–Crippen MR) is 106 cm³/mol.